The molecule has 2 N–H and O–H groups in total. The van der Waals surface area contributed by atoms with E-state index in [-0.39, 0.29) is 12.3 Å². The highest BCUT2D eigenvalue weighted by atomic mass is 35.5. The fourth-order valence-electron chi connectivity index (χ4n) is 1.54. The van der Waals surface area contributed by atoms with Crippen molar-refractivity contribution >= 4 is 23.5 Å². The zero-order chi connectivity index (χ0) is 13.0. The van der Waals surface area contributed by atoms with E-state index in [1.807, 2.05) is 0 Å². The van der Waals surface area contributed by atoms with Gasteiger partial charge in [-0.1, -0.05) is 0 Å². The maximum Gasteiger partial charge on any atom is 0.325 e. The topological polar surface area (TPSA) is 78.6 Å². The molecule has 0 aromatic rings. The third kappa shape index (κ3) is 3.35. The Hall–Kier alpha value is -0.810. The first-order chi connectivity index (χ1) is 7.23. The summed E-state index contributed by atoms with van der Waals surface area (Å²) in [6, 6.07) is 0. The normalized spacial score (nSPS) is 18.1. The maximum atomic E-state index is 11.5. The fourth-order valence-corrected chi connectivity index (χ4v) is 1.74. The minimum absolute atomic E-state index is 0.0173. The van der Waals surface area contributed by atoms with Crippen LogP contribution in [0.5, 0.6) is 0 Å². The molecule has 16 heavy (non-hydrogen) atoms. The molecule has 0 aromatic heterocycles. The van der Waals surface area contributed by atoms with Crippen LogP contribution in [0, 0.1) is 5.41 Å². The fraction of sp³-hybridized carbons (Fsp3) is 0.800. The molecule has 0 radical (unpaired) electrons. The van der Waals surface area contributed by atoms with Gasteiger partial charge in [0.15, 0.2) is 0 Å². The van der Waals surface area contributed by atoms with Crippen LogP contribution in [-0.2, 0) is 19.1 Å². The Balaban J connectivity index is 4.91. The largest absolute Gasteiger partial charge is 0.469 e. The highest BCUT2D eigenvalue weighted by Crippen LogP contribution is 2.30. The minimum Gasteiger partial charge on any atom is -0.469 e. The molecule has 94 valence electrons. The van der Waals surface area contributed by atoms with Crippen molar-refractivity contribution < 1.29 is 19.1 Å². The molecule has 0 aromatic carbocycles. The second-order valence-corrected chi connectivity index (χ2v) is 4.54. The highest BCUT2D eigenvalue weighted by molar-refractivity contribution is 6.19. The molecular formula is C10H18ClNO4. The van der Waals surface area contributed by atoms with Crippen molar-refractivity contribution in [3.63, 3.8) is 0 Å². The molecule has 0 fully saturated rings. The smallest absolute Gasteiger partial charge is 0.325 e. The molecule has 2 unspecified atom stereocenters. The molecule has 0 bridgehead atoms. The van der Waals surface area contributed by atoms with E-state index in [4.69, 9.17) is 17.3 Å². The molecule has 0 aliphatic carbocycles. The molecule has 5 nitrogen and oxygen atoms in total. The molecule has 0 aliphatic heterocycles. The van der Waals surface area contributed by atoms with Gasteiger partial charge >= 0.3 is 11.9 Å². The van der Waals surface area contributed by atoms with Gasteiger partial charge in [0, 0.05) is 5.88 Å². The number of hydrogen-bond donors (Lipinski definition) is 1. The number of rotatable bonds is 5. The number of halogens is 1. The Morgan fingerprint density at radius 2 is 1.62 bits per heavy atom. The van der Waals surface area contributed by atoms with Crippen LogP contribution in [0.15, 0.2) is 0 Å². The van der Waals surface area contributed by atoms with Gasteiger partial charge in [-0.2, -0.15) is 0 Å². The Labute approximate surface area is 100 Å². The number of methoxy groups -OCH3 is 2. The van der Waals surface area contributed by atoms with Gasteiger partial charge in [0.05, 0.1) is 19.6 Å². The predicted octanol–water partition coefficient (Wildman–Crippen LogP) is 0.685. The van der Waals surface area contributed by atoms with E-state index in [0.717, 1.165) is 0 Å². The van der Waals surface area contributed by atoms with Crippen molar-refractivity contribution in [2.75, 3.05) is 20.1 Å². The van der Waals surface area contributed by atoms with Crippen molar-refractivity contribution in [1.82, 2.24) is 0 Å². The van der Waals surface area contributed by atoms with Gasteiger partial charge in [0.25, 0.3) is 0 Å². The predicted molar refractivity (Wildman–Crippen MR) is 60.1 cm³/mol. The van der Waals surface area contributed by atoms with Crippen molar-refractivity contribution in [2.24, 2.45) is 11.1 Å². The van der Waals surface area contributed by atoms with E-state index >= 15 is 0 Å². The second-order valence-electron chi connectivity index (χ2n) is 4.27. The summed E-state index contributed by atoms with van der Waals surface area (Å²) in [6.07, 6.45) is 0.0584. The van der Waals surface area contributed by atoms with Gasteiger partial charge in [-0.15, -0.1) is 11.6 Å². The van der Waals surface area contributed by atoms with E-state index in [9.17, 15) is 9.59 Å². The second kappa shape index (κ2) is 5.50. The Morgan fingerprint density at radius 3 is 1.94 bits per heavy atom. The van der Waals surface area contributed by atoms with Crippen LogP contribution in [-0.4, -0.2) is 37.6 Å². The van der Waals surface area contributed by atoms with Gasteiger partial charge in [-0.05, 0) is 20.3 Å². The Kier molecular flexibility index (Phi) is 5.22. The lowest BCUT2D eigenvalue weighted by atomic mass is 9.79. The zero-order valence-corrected chi connectivity index (χ0v) is 10.8. The molecule has 0 rings (SSSR count). The summed E-state index contributed by atoms with van der Waals surface area (Å²) in [5.74, 6) is -1.07. The van der Waals surface area contributed by atoms with Gasteiger partial charge in [-0.25, -0.2) is 0 Å². The third-order valence-electron chi connectivity index (χ3n) is 2.38. The standard InChI is InChI=1S/C10H18ClNO4/c1-9(6-11,7(13)15-3)5-10(2,12)8(14)16-4/h5-6,12H2,1-4H3. The van der Waals surface area contributed by atoms with E-state index < -0.39 is 22.9 Å². The molecule has 0 heterocycles. The van der Waals surface area contributed by atoms with E-state index in [0.29, 0.717) is 0 Å². The number of hydrogen-bond acceptors (Lipinski definition) is 5. The molecule has 2 atom stereocenters. The molecule has 0 spiro atoms. The van der Waals surface area contributed by atoms with Gasteiger partial charge in [0.1, 0.15) is 5.54 Å². The van der Waals surface area contributed by atoms with Gasteiger partial charge in [-0.3, -0.25) is 9.59 Å². The third-order valence-corrected chi connectivity index (χ3v) is 2.97. The summed E-state index contributed by atoms with van der Waals surface area (Å²) in [5, 5.41) is 0. The van der Waals surface area contributed by atoms with Crippen LogP contribution in [0.1, 0.15) is 20.3 Å². The van der Waals surface area contributed by atoms with Crippen molar-refractivity contribution in [1.29, 1.82) is 0 Å². The van der Waals surface area contributed by atoms with E-state index in [1.165, 1.54) is 21.1 Å². The zero-order valence-electron chi connectivity index (χ0n) is 10.0. The van der Waals surface area contributed by atoms with E-state index in [2.05, 4.69) is 9.47 Å². The van der Waals surface area contributed by atoms with Crippen molar-refractivity contribution in [2.45, 2.75) is 25.8 Å². The first-order valence-electron chi connectivity index (χ1n) is 4.75. The van der Waals surface area contributed by atoms with Crippen LogP contribution in [0.4, 0.5) is 0 Å². The van der Waals surface area contributed by atoms with E-state index in [1.54, 1.807) is 6.92 Å². The van der Waals surface area contributed by atoms with Crippen LogP contribution < -0.4 is 5.73 Å². The van der Waals surface area contributed by atoms with Gasteiger partial charge < -0.3 is 15.2 Å². The summed E-state index contributed by atoms with van der Waals surface area (Å²) in [7, 11) is 2.50. The number of esters is 2. The summed E-state index contributed by atoms with van der Waals surface area (Å²) in [5.41, 5.74) is 3.51. The molecule has 0 saturated heterocycles. The maximum absolute atomic E-state index is 11.5. The molecule has 0 amide bonds. The first kappa shape index (κ1) is 15.2. The van der Waals surface area contributed by atoms with Gasteiger partial charge in [0.2, 0.25) is 0 Å². The molecule has 0 saturated carbocycles. The average molecular weight is 252 g/mol. The number of carbonyl (C=O) groups is 2. The number of carbonyl (C=O) groups excluding carboxylic acids is 2. The summed E-state index contributed by atoms with van der Waals surface area (Å²) < 4.78 is 9.19. The lowest BCUT2D eigenvalue weighted by Crippen LogP contribution is -2.51. The average Bonchev–Trinajstić information content (AvgIpc) is 2.25. The van der Waals surface area contributed by atoms with Crippen LogP contribution in [0.2, 0.25) is 0 Å². The number of ether oxygens (including phenoxy) is 2. The number of nitrogens with two attached hydrogens (primary N) is 1. The lowest BCUT2D eigenvalue weighted by Gasteiger charge is -2.31. The SMILES string of the molecule is COC(=O)C(C)(N)CC(C)(CCl)C(=O)OC. The van der Waals surface area contributed by atoms with Crippen molar-refractivity contribution in [3.8, 4) is 0 Å². The highest BCUT2D eigenvalue weighted by Gasteiger charge is 2.43. The minimum atomic E-state index is -1.27. The number of alkyl halides is 1. The summed E-state index contributed by atoms with van der Waals surface area (Å²) >= 11 is 5.73. The van der Waals surface area contributed by atoms with Crippen LogP contribution in [0.3, 0.4) is 0 Å². The lowest BCUT2D eigenvalue weighted by molar-refractivity contribution is -0.154. The molecule has 0 aliphatic rings. The monoisotopic (exact) mass is 251 g/mol. The Morgan fingerprint density at radius 1 is 1.19 bits per heavy atom. The molecule has 6 heteroatoms. The van der Waals surface area contributed by atoms with Crippen molar-refractivity contribution in [3.05, 3.63) is 0 Å². The first-order valence-corrected chi connectivity index (χ1v) is 5.28. The van der Waals surface area contributed by atoms with Crippen LogP contribution in [0.25, 0.3) is 0 Å². The summed E-state index contributed by atoms with van der Waals surface area (Å²) in [4.78, 5) is 22.9. The quantitative estimate of drug-likeness (QED) is 0.574. The van der Waals surface area contributed by atoms with Crippen LogP contribution >= 0.6 is 11.6 Å². The summed E-state index contributed by atoms with van der Waals surface area (Å²) in [6.45, 7) is 3.09. The Bertz CT molecular complexity index is 280. The molecular weight excluding hydrogens is 234 g/mol.